The number of hydrogen-bond acceptors (Lipinski definition) is 2. The Morgan fingerprint density at radius 3 is 2.86 bits per heavy atom. The van der Waals surface area contributed by atoms with Crippen molar-refractivity contribution in [2.45, 2.75) is 6.42 Å². The van der Waals surface area contributed by atoms with Gasteiger partial charge in [0.25, 0.3) is 0 Å². The van der Waals surface area contributed by atoms with Crippen molar-refractivity contribution in [2.24, 2.45) is 0 Å². The topological polar surface area (TPSA) is 35.3 Å². The van der Waals surface area contributed by atoms with Crippen LogP contribution in [-0.4, -0.2) is 11.1 Å². The molecule has 0 unspecified atom stereocenters. The first-order valence-corrected chi connectivity index (χ1v) is 2.01. The summed E-state index contributed by atoms with van der Waals surface area (Å²) >= 11 is 0. The predicted octanol–water partition coefficient (Wildman–Crippen LogP) is 0.416. The molecule has 0 aromatic carbocycles. The van der Waals surface area contributed by atoms with Gasteiger partial charge in [-0.05, 0) is 0 Å². The molecule has 0 aromatic rings. The van der Waals surface area contributed by atoms with Crippen LogP contribution in [-0.2, 0) is 4.84 Å². The van der Waals surface area contributed by atoms with Crippen LogP contribution in [0.1, 0.15) is 6.42 Å². The van der Waals surface area contributed by atoms with Gasteiger partial charge in [0, 0.05) is 11.2 Å². The molecule has 0 radical (unpaired) electrons. The monoisotopic (exact) mass is 99.0 g/mol. The molecule has 0 spiro atoms. The number of nitrogens with zero attached hydrogens (tertiary/aromatic N) is 1. The minimum Gasteiger partial charge on any atom is -0.376 e. The van der Waals surface area contributed by atoms with Crippen LogP contribution in [0.4, 0.5) is 0 Å². The fraction of sp³-hybridized carbons (Fsp3) is 0.250. The quantitative estimate of drug-likeness (QED) is 0.412. The molecule has 3 nitrogen and oxygen atoms in total. The van der Waals surface area contributed by atoms with Gasteiger partial charge >= 0.3 is 0 Å². The molecule has 0 N–H and O–H groups in total. The minimum atomic E-state index is 0.431. The molecular weight excluding hydrogens is 94.0 g/mol. The molecule has 0 bridgehead atoms. The zero-order valence-corrected chi connectivity index (χ0v) is 3.70. The lowest BCUT2D eigenvalue weighted by molar-refractivity contribution is -0.719. The summed E-state index contributed by atoms with van der Waals surface area (Å²) in [5.41, 5.74) is 0. The van der Waals surface area contributed by atoms with Gasteiger partial charge in [-0.3, -0.25) is 5.21 Å². The van der Waals surface area contributed by atoms with E-state index in [9.17, 15) is 5.21 Å². The van der Waals surface area contributed by atoms with Gasteiger partial charge in [-0.25, -0.2) is 0 Å². The molecule has 0 amide bonds. The summed E-state index contributed by atoms with van der Waals surface area (Å²) < 4.78 is 0. The summed E-state index contributed by atoms with van der Waals surface area (Å²) in [6, 6.07) is 0. The first-order valence-electron chi connectivity index (χ1n) is 2.01. The highest BCUT2D eigenvalue weighted by molar-refractivity contribution is 5.53. The van der Waals surface area contributed by atoms with Gasteiger partial charge in [0.15, 0.2) is 0 Å². The van der Waals surface area contributed by atoms with Gasteiger partial charge in [-0.1, -0.05) is 6.08 Å². The predicted molar refractivity (Wildman–Crippen MR) is 24.5 cm³/mol. The second-order valence-electron chi connectivity index (χ2n) is 1.18. The molecule has 1 aliphatic heterocycles. The summed E-state index contributed by atoms with van der Waals surface area (Å²) in [6.45, 7) is 0. The van der Waals surface area contributed by atoms with Crippen LogP contribution in [0.3, 0.4) is 0 Å². The van der Waals surface area contributed by atoms with Gasteiger partial charge < -0.3 is 4.84 Å². The minimum absolute atomic E-state index is 0.431. The number of hydrogen-bond donors (Lipinski definition) is 0. The van der Waals surface area contributed by atoms with Crippen molar-refractivity contribution in [2.75, 3.05) is 0 Å². The van der Waals surface area contributed by atoms with Gasteiger partial charge in [0.1, 0.15) is 0 Å². The molecule has 0 aliphatic carbocycles. The highest BCUT2D eigenvalue weighted by Crippen LogP contribution is 1.88. The molecule has 0 saturated carbocycles. The van der Waals surface area contributed by atoms with Crippen LogP contribution in [0.25, 0.3) is 0 Å². The van der Waals surface area contributed by atoms with Crippen LogP contribution < -0.4 is 0 Å². The molecular formula is C4H5NO2. The Hall–Kier alpha value is -0.990. The molecule has 1 heterocycles. The standard InChI is InChI=1S/C4H5NO2/c6-5-3-1-2-4-7-5/h2-4H,1H2. The number of allylic oxidation sites excluding steroid dienone is 1. The smallest absolute Gasteiger partial charge is 0.214 e. The fourth-order valence-electron chi connectivity index (χ4n) is 0.349. The summed E-state index contributed by atoms with van der Waals surface area (Å²) in [6.07, 6.45) is 5.20. The third-order valence-electron chi connectivity index (χ3n) is 0.652. The lowest BCUT2D eigenvalue weighted by Gasteiger charge is -1.99. The second-order valence-corrected chi connectivity index (χ2v) is 1.18. The first-order chi connectivity index (χ1) is 3.39. The van der Waals surface area contributed by atoms with E-state index in [0.717, 1.165) is 0 Å². The Morgan fingerprint density at radius 1 is 1.71 bits per heavy atom. The van der Waals surface area contributed by atoms with E-state index in [2.05, 4.69) is 4.84 Å². The van der Waals surface area contributed by atoms with E-state index in [4.69, 9.17) is 0 Å². The van der Waals surface area contributed by atoms with Crippen molar-refractivity contribution in [3.8, 4) is 0 Å². The summed E-state index contributed by atoms with van der Waals surface area (Å²) in [4.78, 5) is 4.75. The molecule has 0 aromatic heterocycles. The van der Waals surface area contributed by atoms with Crippen LogP contribution in [0, 0.1) is 5.21 Å². The first kappa shape index (κ1) is 4.18. The largest absolute Gasteiger partial charge is 0.376 e. The average Bonchev–Trinajstić information content (AvgIpc) is 1.69. The maximum Gasteiger partial charge on any atom is 0.214 e. The van der Waals surface area contributed by atoms with E-state index in [1.807, 2.05) is 0 Å². The van der Waals surface area contributed by atoms with Crippen molar-refractivity contribution in [1.82, 2.24) is 0 Å². The van der Waals surface area contributed by atoms with E-state index in [1.165, 1.54) is 12.5 Å². The van der Waals surface area contributed by atoms with Crippen LogP contribution in [0.5, 0.6) is 0 Å². The molecule has 3 heteroatoms. The Labute approximate surface area is 41.1 Å². The third kappa shape index (κ3) is 0.924. The van der Waals surface area contributed by atoms with Crippen molar-refractivity contribution < 1.29 is 9.74 Å². The van der Waals surface area contributed by atoms with Gasteiger partial charge in [0.05, 0.1) is 6.42 Å². The van der Waals surface area contributed by atoms with Gasteiger partial charge in [-0.2, -0.15) is 0 Å². The molecule has 1 rings (SSSR count). The van der Waals surface area contributed by atoms with E-state index in [-0.39, 0.29) is 0 Å². The van der Waals surface area contributed by atoms with Crippen molar-refractivity contribution in [3.05, 3.63) is 17.5 Å². The van der Waals surface area contributed by atoms with E-state index < -0.39 is 0 Å². The van der Waals surface area contributed by atoms with Crippen LogP contribution >= 0.6 is 0 Å². The zero-order valence-electron chi connectivity index (χ0n) is 3.70. The van der Waals surface area contributed by atoms with Crippen molar-refractivity contribution >= 4 is 6.21 Å². The summed E-state index contributed by atoms with van der Waals surface area (Å²) in [5.74, 6) is 0. The highest BCUT2D eigenvalue weighted by Gasteiger charge is 1.90. The normalized spacial score (nSPS) is 18.0. The molecule has 0 fully saturated rings. The molecule has 7 heavy (non-hydrogen) atoms. The second kappa shape index (κ2) is 1.64. The highest BCUT2D eigenvalue weighted by atomic mass is 16.9. The molecule has 38 valence electrons. The molecule has 0 saturated heterocycles. The Kier molecular flexibility index (Phi) is 0.978. The van der Waals surface area contributed by atoms with Gasteiger partial charge in [0.2, 0.25) is 6.21 Å². The lowest BCUT2D eigenvalue weighted by Crippen LogP contribution is -2.04. The van der Waals surface area contributed by atoms with Crippen LogP contribution in [0.2, 0.25) is 0 Å². The van der Waals surface area contributed by atoms with Crippen molar-refractivity contribution in [3.63, 3.8) is 0 Å². The van der Waals surface area contributed by atoms with Crippen LogP contribution in [0.15, 0.2) is 12.3 Å². The Morgan fingerprint density at radius 2 is 2.57 bits per heavy atom. The maximum atomic E-state index is 10.1. The molecule has 0 atom stereocenters. The number of rotatable bonds is 0. The SMILES string of the molecule is [O-][N+]1=CCC=CO1. The van der Waals surface area contributed by atoms with E-state index >= 15 is 0 Å². The van der Waals surface area contributed by atoms with E-state index in [1.54, 1.807) is 6.08 Å². The summed E-state index contributed by atoms with van der Waals surface area (Å²) in [5, 5.41) is 10.1. The molecule has 1 aliphatic rings. The Bertz CT molecular complexity index is 117. The van der Waals surface area contributed by atoms with Crippen molar-refractivity contribution in [1.29, 1.82) is 0 Å². The van der Waals surface area contributed by atoms with Gasteiger partial charge in [-0.15, -0.1) is 0 Å². The lowest BCUT2D eigenvalue weighted by atomic mass is 10.4. The fourth-order valence-corrected chi connectivity index (χ4v) is 0.349. The zero-order chi connectivity index (χ0) is 5.11. The summed E-state index contributed by atoms with van der Waals surface area (Å²) in [7, 11) is 0. The third-order valence-corrected chi connectivity index (χ3v) is 0.652. The maximum absolute atomic E-state index is 10.1. The Balaban J connectivity index is 2.50. The van der Waals surface area contributed by atoms with E-state index in [0.29, 0.717) is 11.3 Å². The average molecular weight is 99.1 g/mol.